The molecular formula is C18H19N3O4. The van der Waals surface area contributed by atoms with Gasteiger partial charge < -0.3 is 16.0 Å². The summed E-state index contributed by atoms with van der Waals surface area (Å²) in [5.41, 5.74) is 1.13. The van der Waals surface area contributed by atoms with Crippen molar-refractivity contribution in [1.29, 1.82) is 0 Å². The molecule has 1 saturated carbocycles. The van der Waals surface area contributed by atoms with E-state index in [1.807, 2.05) is 0 Å². The standard InChI is InChI=1S/C18H19N3O4/c1-12(22)15-6-3-2-5-13(15)11-20-18(25)17(24)19-10-4-7-16(23)21-14-8-9-14/h2-3,5-6,14H,8-11H2,1H3,(H,19,24)(H,20,25)(H,21,23). The summed E-state index contributed by atoms with van der Waals surface area (Å²) in [5, 5.41) is 7.44. The predicted molar refractivity (Wildman–Crippen MR) is 90.2 cm³/mol. The molecule has 0 heterocycles. The second-order valence-corrected chi connectivity index (χ2v) is 5.63. The van der Waals surface area contributed by atoms with Crippen LogP contribution in [0.1, 0.15) is 35.7 Å². The van der Waals surface area contributed by atoms with Crippen molar-refractivity contribution < 1.29 is 19.2 Å². The van der Waals surface area contributed by atoms with Crippen LogP contribution in [0.3, 0.4) is 0 Å². The van der Waals surface area contributed by atoms with Gasteiger partial charge in [-0.1, -0.05) is 30.2 Å². The van der Waals surface area contributed by atoms with Gasteiger partial charge in [0.15, 0.2) is 5.78 Å². The number of Topliss-reactive ketones (excluding diaryl/α,β-unsaturated/α-hetero) is 1. The minimum atomic E-state index is -0.850. The SMILES string of the molecule is CC(=O)c1ccccc1CNC(=O)C(=O)NCC#CC(=O)NC1CC1. The van der Waals surface area contributed by atoms with Gasteiger partial charge in [0.1, 0.15) is 0 Å². The molecule has 1 aliphatic carbocycles. The Morgan fingerprint density at radius 2 is 1.76 bits per heavy atom. The fourth-order valence-electron chi connectivity index (χ4n) is 2.05. The average molecular weight is 341 g/mol. The van der Waals surface area contributed by atoms with E-state index < -0.39 is 11.8 Å². The molecule has 0 saturated heterocycles. The topological polar surface area (TPSA) is 104 Å². The summed E-state index contributed by atoms with van der Waals surface area (Å²) < 4.78 is 0. The van der Waals surface area contributed by atoms with Crippen LogP contribution in [0, 0.1) is 11.8 Å². The Labute approximate surface area is 145 Å². The maximum absolute atomic E-state index is 11.7. The lowest BCUT2D eigenvalue weighted by atomic mass is 10.0. The summed E-state index contributed by atoms with van der Waals surface area (Å²) >= 11 is 0. The molecular weight excluding hydrogens is 322 g/mol. The van der Waals surface area contributed by atoms with Gasteiger partial charge in [0.05, 0.1) is 6.54 Å². The van der Waals surface area contributed by atoms with Crippen LogP contribution < -0.4 is 16.0 Å². The van der Waals surface area contributed by atoms with Gasteiger partial charge in [-0.05, 0) is 31.2 Å². The third kappa shape index (κ3) is 6.11. The van der Waals surface area contributed by atoms with E-state index in [4.69, 9.17) is 0 Å². The second-order valence-electron chi connectivity index (χ2n) is 5.63. The van der Waals surface area contributed by atoms with Crippen molar-refractivity contribution in [3.05, 3.63) is 35.4 Å². The van der Waals surface area contributed by atoms with Gasteiger partial charge in [0, 0.05) is 18.2 Å². The van der Waals surface area contributed by atoms with E-state index in [9.17, 15) is 19.2 Å². The molecule has 0 aromatic heterocycles. The number of nitrogens with one attached hydrogen (secondary N) is 3. The zero-order valence-corrected chi connectivity index (χ0v) is 13.8. The fraction of sp³-hybridized carbons (Fsp3) is 0.333. The predicted octanol–water partition coefficient (Wildman–Crippen LogP) is -0.0964. The van der Waals surface area contributed by atoms with E-state index in [0.717, 1.165) is 12.8 Å². The van der Waals surface area contributed by atoms with Gasteiger partial charge in [0.25, 0.3) is 5.91 Å². The molecule has 0 bridgehead atoms. The summed E-state index contributed by atoms with van der Waals surface area (Å²) in [6.45, 7) is 1.40. The lowest BCUT2D eigenvalue weighted by Gasteiger charge is -2.08. The fourth-order valence-corrected chi connectivity index (χ4v) is 2.05. The molecule has 0 radical (unpaired) electrons. The highest BCUT2D eigenvalue weighted by Crippen LogP contribution is 2.18. The van der Waals surface area contributed by atoms with Crippen LogP contribution in [0.15, 0.2) is 24.3 Å². The lowest BCUT2D eigenvalue weighted by Crippen LogP contribution is -2.39. The smallest absolute Gasteiger partial charge is 0.310 e. The van der Waals surface area contributed by atoms with Crippen LogP contribution in [0.4, 0.5) is 0 Å². The molecule has 1 aliphatic rings. The Hall–Kier alpha value is -3.14. The molecule has 2 rings (SSSR count). The number of carbonyl (C=O) groups is 4. The van der Waals surface area contributed by atoms with Crippen LogP contribution in [0.5, 0.6) is 0 Å². The number of hydrogen-bond donors (Lipinski definition) is 3. The highest BCUT2D eigenvalue weighted by molar-refractivity contribution is 6.35. The van der Waals surface area contributed by atoms with Crippen LogP contribution in [0.2, 0.25) is 0 Å². The van der Waals surface area contributed by atoms with Gasteiger partial charge in [-0.15, -0.1) is 0 Å². The molecule has 3 amide bonds. The first-order valence-corrected chi connectivity index (χ1v) is 7.91. The average Bonchev–Trinajstić information content (AvgIpc) is 3.40. The first kappa shape index (κ1) is 18.2. The molecule has 1 fully saturated rings. The monoisotopic (exact) mass is 341 g/mol. The van der Waals surface area contributed by atoms with E-state index in [1.54, 1.807) is 24.3 Å². The van der Waals surface area contributed by atoms with E-state index in [0.29, 0.717) is 11.1 Å². The van der Waals surface area contributed by atoms with Crippen molar-refractivity contribution in [3.8, 4) is 11.8 Å². The summed E-state index contributed by atoms with van der Waals surface area (Å²) in [5.74, 6) is 2.64. The molecule has 7 nitrogen and oxygen atoms in total. The molecule has 1 aromatic carbocycles. The Morgan fingerprint density at radius 3 is 2.44 bits per heavy atom. The third-order valence-electron chi connectivity index (χ3n) is 3.49. The Bertz CT molecular complexity index is 757. The summed E-state index contributed by atoms with van der Waals surface area (Å²) in [6.07, 6.45) is 1.94. The molecule has 0 unspecified atom stereocenters. The summed E-state index contributed by atoms with van der Waals surface area (Å²) in [6, 6.07) is 7.06. The van der Waals surface area contributed by atoms with Gasteiger partial charge in [-0.3, -0.25) is 19.2 Å². The van der Waals surface area contributed by atoms with Crippen molar-refractivity contribution in [3.63, 3.8) is 0 Å². The van der Waals surface area contributed by atoms with Gasteiger partial charge in [0.2, 0.25) is 0 Å². The van der Waals surface area contributed by atoms with Crippen LogP contribution in [-0.4, -0.2) is 36.1 Å². The Kier molecular flexibility index (Phi) is 6.29. The molecule has 130 valence electrons. The highest BCUT2D eigenvalue weighted by atomic mass is 16.2. The Morgan fingerprint density at radius 1 is 1.08 bits per heavy atom. The number of ketones is 1. The lowest BCUT2D eigenvalue weighted by molar-refractivity contribution is -0.139. The molecule has 0 spiro atoms. The van der Waals surface area contributed by atoms with Crippen LogP contribution in [-0.2, 0) is 20.9 Å². The summed E-state index contributed by atoms with van der Waals surface area (Å²) in [7, 11) is 0. The highest BCUT2D eigenvalue weighted by Gasteiger charge is 2.22. The zero-order chi connectivity index (χ0) is 18.2. The maximum atomic E-state index is 11.7. The van der Waals surface area contributed by atoms with Crippen molar-refractivity contribution in [2.24, 2.45) is 0 Å². The van der Waals surface area contributed by atoms with E-state index >= 15 is 0 Å². The number of amides is 3. The number of hydrogen-bond acceptors (Lipinski definition) is 4. The van der Waals surface area contributed by atoms with Crippen LogP contribution in [0.25, 0.3) is 0 Å². The summed E-state index contributed by atoms with van der Waals surface area (Å²) in [4.78, 5) is 46.2. The van der Waals surface area contributed by atoms with E-state index in [2.05, 4.69) is 27.8 Å². The van der Waals surface area contributed by atoms with E-state index in [-0.39, 0.29) is 30.8 Å². The van der Waals surface area contributed by atoms with Crippen LogP contribution >= 0.6 is 0 Å². The van der Waals surface area contributed by atoms with E-state index in [1.165, 1.54) is 6.92 Å². The molecule has 0 aliphatic heterocycles. The Balaban J connectivity index is 1.75. The van der Waals surface area contributed by atoms with Gasteiger partial charge in [-0.2, -0.15) is 0 Å². The largest absolute Gasteiger partial charge is 0.344 e. The van der Waals surface area contributed by atoms with Crippen molar-refractivity contribution in [2.45, 2.75) is 32.4 Å². The normalized spacial score (nSPS) is 12.4. The van der Waals surface area contributed by atoms with Gasteiger partial charge in [-0.25, -0.2) is 0 Å². The first-order chi connectivity index (χ1) is 12.0. The van der Waals surface area contributed by atoms with Crippen molar-refractivity contribution >= 4 is 23.5 Å². The first-order valence-electron chi connectivity index (χ1n) is 7.91. The number of benzene rings is 1. The molecule has 7 heteroatoms. The second kappa shape index (κ2) is 8.64. The van der Waals surface area contributed by atoms with Crippen molar-refractivity contribution in [1.82, 2.24) is 16.0 Å². The number of carbonyl (C=O) groups excluding carboxylic acids is 4. The minimum absolute atomic E-state index is 0.0669. The molecule has 25 heavy (non-hydrogen) atoms. The van der Waals surface area contributed by atoms with Gasteiger partial charge >= 0.3 is 11.8 Å². The minimum Gasteiger partial charge on any atom is -0.344 e. The molecule has 1 aromatic rings. The maximum Gasteiger partial charge on any atom is 0.310 e. The molecule has 0 atom stereocenters. The third-order valence-corrected chi connectivity index (χ3v) is 3.49. The quantitative estimate of drug-likeness (QED) is 0.395. The molecule has 3 N–H and O–H groups in total. The van der Waals surface area contributed by atoms with Crippen molar-refractivity contribution in [2.75, 3.05) is 6.54 Å². The number of rotatable bonds is 5. The zero-order valence-electron chi connectivity index (χ0n) is 13.8.